The molecule has 0 aliphatic rings. The average molecular weight is 480 g/mol. The molecular weight excluding hydrogens is 459 g/mol. The number of carbonyl (C=O) groups excluding carboxylic acids is 1. The molecule has 2 heterocycles. The number of nitro groups is 1. The lowest BCUT2D eigenvalue weighted by Gasteiger charge is -2.05. The number of nitrogens with zero attached hydrogens (tertiary/aromatic N) is 4. The van der Waals surface area contributed by atoms with E-state index in [2.05, 4.69) is 25.7 Å². The van der Waals surface area contributed by atoms with Crippen LogP contribution in [-0.4, -0.2) is 31.2 Å². The Balaban J connectivity index is 1.24. The summed E-state index contributed by atoms with van der Waals surface area (Å²) < 4.78 is 24.4. The molecule has 180 valence electrons. The number of carbonyl (C=O) groups is 1. The third kappa shape index (κ3) is 6.47. The molecule has 0 radical (unpaired) electrons. The minimum absolute atomic E-state index is 0.00630. The monoisotopic (exact) mass is 480 g/mol. The van der Waals surface area contributed by atoms with Crippen molar-refractivity contribution >= 4 is 17.3 Å². The molecule has 2 aromatic heterocycles. The number of oxazole rings is 1. The molecule has 0 saturated carbocycles. The van der Waals surface area contributed by atoms with Crippen LogP contribution in [0.2, 0.25) is 0 Å². The second-order valence-corrected chi connectivity index (χ2v) is 7.60. The maximum Gasteiger partial charge on any atom is 0.306 e. The Kier molecular flexibility index (Phi) is 7.40. The van der Waals surface area contributed by atoms with Crippen molar-refractivity contribution in [2.75, 3.05) is 5.32 Å². The predicted octanol–water partition coefficient (Wildman–Crippen LogP) is 4.24. The second kappa shape index (κ2) is 11.0. The van der Waals surface area contributed by atoms with Crippen molar-refractivity contribution in [3.63, 3.8) is 0 Å². The zero-order valence-electron chi connectivity index (χ0n) is 18.4. The van der Waals surface area contributed by atoms with E-state index in [0.717, 1.165) is 49.8 Å². The largest absolute Gasteiger partial charge is 0.484 e. The van der Waals surface area contributed by atoms with Crippen LogP contribution >= 0.6 is 0 Å². The number of anilines is 1. The van der Waals surface area contributed by atoms with Crippen LogP contribution in [0.1, 0.15) is 40.5 Å². The van der Waals surface area contributed by atoms with Gasteiger partial charge in [-0.3, -0.25) is 14.9 Å². The number of H-pyrrole nitrogens is 1. The number of aromatic nitrogens is 4. The van der Waals surface area contributed by atoms with Gasteiger partial charge in [-0.2, -0.15) is 19.8 Å². The molecule has 12 heteroatoms. The fourth-order valence-corrected chi connectivity index (χ4v) is 3.29. The first-order chi connectivity index (χ1) is 17.0. The number of hydrogen-bond donors (Lipinski definition) is 2. The maximum atomic E-state index is 13.4. The third-order valence-electron chi connectivity index (χ3n) is 5.08. The highest BCUT2D eigenvalue weighted by Crippen LogP contribution is 2.22. The van der Waals surface area contributed by atoms with Gasteiger partial charge in [0.1, 0.15) is 12.0 Å². The molecule has 4 rings (SSSR count). The van der Waals surface area contributed by atoms with Gasteiger partial charge in [0.05, 0.1) is 16.8 Å². The summed E-state index contributed by atoms with van der Waals surface area (Å²) in [5.74, 6) is -0.852. The van der Waals surface area contributed by atoms with E-state index in [9.17, 15) is 19.3 Å². The quantitative estimate of drug-likeness (QED) is 0.184. The van der Waals surface area contributed by atoms with Crippen LogP contribution in [-0.2, 0) is 19.4 Å². The van der Waals surface area contributed by atoms with Gasteiger partial charge in [-0.25, -0.2) is 4.98 Å². The van der Waals surface area contributed by atoms with Crippen LogP contribution in [0.15, 0.2) is 59.3 Å². The molecule has 0 fully saturated rings. The van der Waals surface area contributed by atoms with Crippen LogP contribution in [0.4, 0.5) is 15.8 Å². The van der Waals surface area contributed by atoms with Crippen molar-refractivity contribution in [1.82, 2.24) is 20.4 Å². The van der Waals surface area contributed by atoms with Gasteiger partial charge < -0.3 is 14.5 Å². The summed E-state index contributed by atoms with van der Waals surface area (Å²) >= 11 is 0. The lowest BCUT2D eigenvalue weighted by molar-refractivity contribution is -0.387. The summed E-state index contributed by atoms with van der Waals surface area (Å²) in [6.07, 6.45) is 6.75. The van der Waals surface area contributed by atoms with Gasteiger partial charge in [-0.05, 0) is 55.5 Å². The third-order valence-corrected chi connectivity index (χ3v) is 5.08. The van der Waals surface area contributed by atoms with Gasteiger partial charge in [-0.15, -0.1) is 0 Å². The first-order valence-corrected chi connectivity index (χ1v) is 10.7. The van der Waals surface area contributed by atoms with E-state index < -0.39 is 22.3 Å². The summed E-state index contributed by atoms with van der Waals surface area (Å²) in [5.41, 5.74) is 1.42. The Morgan fingerprint density at radius 1 is 1.17 bits per heavy atom. The highest BCUT2D eigenvalue weighted by molar-refractivity contribution is 6.02. The Labute approximate surface area is 198 Å². The smallest absolute Gasteiger partial charge is 0.306 e. The molecule has 2 N–H and O–H groups in total. The van der Waals surface area contributed by atoms with Crippen molar-refractivity contribution in [1.29, 1.82) is 0 Å². The second-order valence-electron chi connectivity index (χ2n) is 7.60. The fourth-order valence-electron chi connectivity index (χ4n) is 3.29. The summed E-state index contributed by atoms with van der Waals surface area (Å²) in [6, 6.07) is 10.7. The Morgan fingerprint density at radius 3 is 2.71 bits per heavy atom. The SMILES string of the molecule is O=C(Nc1ccc(F)c([N+](=O)[O-])c1)c1coc(COc2ccc(CCCCc3cn[nH]n3)cc2)n1. The van der Waals surface area contributed by atoms with Gasteiger partial charge >= 0.3 is 5.69 Å². The van der Waals surface area contributed by atoms with Crippen LogP contribution in [0.25, 0.3) is 0 Å². The molecule has 0 atom stereocenters. The van der Waals surface area contributed by atoms with Crippen LogP contribution < -0.4 is 10.1 Å². The molecule has 0 aliphatic heterocycles. The Morgan fingerprint density at radius 2 is 1.97 bits per heavy atom. The molecule has 1 amide bonds. The fraction of sp³-hybridized carbons (Fsp3) is 0.217. The van der Waals surface area contributed by atoms with Gasteiger partial charge in [0, 0.05) is 11.8 Å². The average Bonchev–Trinajstić information content (AvgIpc) is 3.55. The topological polar surface area (TPSA) is 149 Å². The van der Waals surface area contributed by atoms with Crippen LogP contribution in [0, 0.1) is 15.9 Å². The molecule has 35 heavy (non-hydrogen) atoms. The highest BCUT2D eigenvalue weighted by atomic mass is 19.1. The van der Waals surface area contributed by atoms with E-state index in [4.69, 9.17) is 9.15 Å². The van der Waals surface area contributed by atoms with Crippen LogP contribution in [0.3, 0.4) is 0 Å². The number of aryl methyl sites for hydroxylation is 2. The number of nitro benzene ring substituents is 1. The first-order valence-electron chi connectivity index (χ1n) is 10.7. The standard InChI is InChI=1S/C23H21FN6O5/c24-19-10-7-16(11-21(19)30(32)33)26-23(31)20-13-35-22(27-20)14-34-18-8-5-15(6-9-18)3-1-2-4-17-12-25-29-28-17/h5-13H,1-4,14H2,(H,26,31)(H,25,28,29). The van der Waals surface area contributed by atoms with E-state index in [0.29, 0.717) is 5.75 Å². The Bertz CT molecular complexity index is 1290. The van der Waals surface area contributed by atoms with Crippen molar-refractivity contribution < 1.29 is 23.3 Å². The number of amides is 1. The van der Waals surface area contributed by atoms with Crippen molar-refractivity contribution in [3.8, 4) is 5.75 Å². The van der Waals surface area contributed by atoms with Gasteiger partial charge in [-0.1, -0.05) is 12.1 Å². The first kappa shape index (κ1) is 23.5. The predicted molar refractivity (Wildman–Crippen MR) is 121 cm³/mol. The zero-order chi connectivity index (χ0) is 24.6. The van der Waals surface area contributed by atoms with Crippen molar-refractivity contribution in [2.45, 2.75) is 32.3 Å². The van der Waals surface area contributed by atoms with Gasteiger partial charge in [0.2, 0.25) is 11.7 Å². The molecule has 11 nitrogen and oxygen atoms in total. The highest BCUT2D eigenvalue weighted by Gasteiger charge is 2.17. The van der Waals surface area contributed by atoms with E-state index in [1.807, 2.05) is 24.3 Å². The van der Waals surface area contributed by atoms with Gasteiger partial charge in [0.25, 0.3) is 5.91 Å². The molecular formula is C23H21FN6O5. The molecule has 0 spiro atoms. The number of hydrogen-bond acceptors (Lipinski definition) is 8. The van der Waals surface area contributed by atoms with Crippen LogP contribution in [0.5, 0.6) is 5.75 Å². The van der Waals surface area contributed by atoms with E-state index in [1.54, 1.807) is 6.20 Å². The molecule has 0 aliphatic carbocycles. The zero-order valence-corrected chi connectivity index (χ0v) is 18.4. The number of unbranched alkanes of at least 4 members (excludes halogenated alkanes) is 1. The summed E-state index contributed by atoms with van der Waals surface area (Å²) in [5, 5.41) is 23.7. The van der Waals surface area contributed by atoms with Crippen molar-refractivity contribution in [2.24, 2.45) is 0 Å². The van der Waals surface area contributed by atoms with Crippen molar-refractivity contribution in [3.05, 3.63) is 93.7 Å². The molecule has 0 unspecified atom stereocenters. The lowest BCUT2D eigenvalue weighted by atomic mass is 10.1. The number of benzene rings is 2. The van der Waals surface area contributed by atoms with E-state index >= 15 is 0 Å². The number of nitrogens with one attached hydrogen (secondary N) is 2. The summed E-state index contributed by atoms with van der Waals surface area (Å²) in [4.78, 5) is 26.4. The normalized spacial score (nSPS) is 10.8. The van der Waals surface area contributed by atoms with Gasteiger partial charge in [0.15, 0.2) is 12.3 Å². The Hall–Kier alpha value is -4.61. The van der Waals surface area contributed by atoms with E-state index in [-0.39, 0.29) is 23.9 Å². The maximum absolute atomic E-state index is 13.4. The minimum Gasteiger partial charge on any atom is -0.484 e. The summed E-state index contributed by atoms with van der Waals surface area (Å²) in [6.45, 7) is 0.00630. The number of halogens is 1. The minimum atomic E-state index is -0.996. The lowest BCUT2D eigenvalue weighted by Crippen LogP contribution is -2.13. The molecule has 2 aromatic carbocycles. The number of aromatic amines is 1. The summed E-state index contributed by atoms with van der Waals surface area (Å²) in [7, 11) is 0. The number of ether oxygens (including phenoxy) is 1. The number of rotatable bonds is 11. The molecule has 4 aromatic rings. The molecule has 0 bridgehead atoms. The van der Waals surface area contributed by atoms with E-state index in [1.165, 1.54) is 11.6 Å². The molecule has 0 saturated heterocycles.